The molecule has 1 aliphatic heterocycles. The van der Waals surface area contributed by atoms with Crippen LogP contribution in [-0.4, -0.2) is 65.0 Å². The molecule has 0 spiro atoms. The summed E-state index contributed by atoms with van der Waals surface area (Å²) in [7, 11) is 0. The number of anilines is 1. The summed E-state index contributed by atoms with van der Waals surface area (Å²) in [5.74, 6) is -0.0847. The average molecular weight is 428 g/mol. The Morgan fingerprint density at radius 1 is 1.20 bits per heavy atom. The van der Waals surface area contributed by atoms with Gasteiger partial charge >= 0.3 is 0 Å². The number of aryl methyl sites for hydroxylation is 3. The molecule has 8 heteroatoms. The lowest BCUT2D eigenvalue weighted by Gasteiger charge is -2.27. The molecule has 1 aromatic carbocycles. The second kappa shape index (κ2) is 9.24. The Balaban J connectivity index is 1.60. The molecule has 1 fully saturated rings. The number of thiazole rings is 1. The van der Waals surface area contributed by atoms with Gasteiger partial charge in [0.05, 0.1) is 23.4 Å². The molecule has 0 atom stereocenters. The largest absolute Gasteiger partial charge is 0.379 e. The summed E-state index contributed by atoms with van der Waals surface area (Å²) in [5, 5.41) is 5.19. The Morgan fingerprint density at radius 3 is 2.67 bits per heavy atom. The third-order valence-corrected chi connectivity index (χ3v) is 6.76. The summed E-state index contributed by atoms with van der Waals surface area (Å²) >= 11 is 1.59. The van der Waals surface area contributed by atoms with Gasteiger partial charge in [-0.15, -0.1) is 0 Å². The highest BCUT2D eigenvalue weighted by molar-refractivity contribution is 7.22. The van der Waals surface area contributed by atoms with Crippen LogP contribution in [0.1, 0.15) is 35.0 Å². The Bertz CT molecular complexity index is 983. The van der Waals surface area contributed by atoms with Gasteiger partial charge in [-0.25, -0.2) is 4.98 Å². The Morgan fingerprint density at radius 2 is 1.97 bits per heavy atom. The zero-order valence-corrected chi connectivity index (χ0v) is 18.7. The minimum Gasteiger partial charge on any atom is -0.379 e. The van der Waals surface area contributed by atoms with Crippen LogP contribution in [0, 0.1) is 13.8 Å². The minimum atomic E-state index is -0.0847. The number of benzene rings is 1. The maximum atomic E-state index is 13.4. The van der Waals surface area contributed by atoms with Crippen LogP contribution in [-0.2, 0) is 11.3 Å². The number of hydrogen-bond donors (Lipinski definition) is 0. The first-order chi connectivity index (χ1) is 14.6. The first kappa shape index (κ1) is 21.0. The molecule has 0 aliphatic carbocycles. The van der Waals surface area contributed by atoms with Crippen molar-refractivity contribution in [1.82, 2.24) is 19.7 Å². The molecular formula is C22H29N5O2S. The van der Waals surface area contributed by atoms with Crippen molar-refractivity contribution >= 4 is 32.6 Å². The molecule has 3 heterocycles. The van der Waals surface area contributed by atoms with Crippen LogP contribution in [0.4, 0.5) is 5.13 Å². The molecule has 0 bridgehead atoms. The molecule has 1 amide bonds. The van der Waals surface area contributed by atoms with Gasteiger partial charge in [-0.1, -0.05) is 23.5 Å². The second-order valence-corrected chi connectivity index (χ2v) is 8.67. The molecular weight excluding hydrogens is 398 g/mol. The number of morpholine rings is 1. The predicted octanol–water partition coefficient (Wildman–Crippen LogP) is 3.50. The molecule has 7 nitrogen and oxygen atoms in total. The molecule has 3 aromatic rings. The topological polar surface area (TPSA) is 63.5 Å². The predicted molar refractivity (Wildman–Crippen MR) is 121 cm³/mol. The Hall–Kier alpha value is -2.29. The lowest BCUT2D eigenvalue weighted by molar-refractivity contribution is 0.0376. The summed E-state index contributed by atoms with van der Waals surface area (Å²) in [6.07, 6.45) is 2.74. The molecule has 1 saturated heterocycles. The summed E-state index contributed by atoms with van der Waals surface area (Å²) in [6.45, 7) is 12.0. The highest BCUT2D eigenvalue weighted by Crippen LogP contribution is 2.33. The van der Waals surface area contributed by atoms with E-state index in [1.807, 2.05) is 18.0 Å². The van der Waals surface area contributed by atoms with Gasteiger partial charge in [0.2, 0.25) is 0 Å². The minimum absolute atomic E-state index is 0.0847. The zero-order valence-electron chi connectivity index (χ0n) is 17.9. The standard InChI is InChI=1S/C22H29N5O2S/c1-4-26-11-8-18(24-26)21(28)27(10-5-9-25-12-14-29-15-13-25)22-23-19-16(2)6-7-17(3)20(19)30-22/h6-8,11H,4-5,9-10,12-15H2,1-3H3. The first-order valence-electron chi connectivity index (χ1n) is 10.6. The molecule has 0 unspecified atom stereocenters. The molecule has 0 saturated carbocycles. The summed E-state index contributed by atoms with van der Waals surface area (Å²) in [4.78, 5) is 22.5. The van der Waals surface area contributed by atoms with Gasteiger partial charge in [0.25, 0.3) is 5.91 Å². The van der Waals surface area contributed by atoms with Crippen molar-refractivity contribution in [2.24, 2.45) is 0 Å². The number of amides is 1. The summed E-state index contributed by atoms with van der Waals surface area (Å²) in [6, 6.07) is 6.01. The van der Waals surface area contributed by atoms with E-state index in [1.54, 1.807) is 22.1 Å². The Kier molecular flexibility index (Phi) is 6.46. The fourth-order valence-electron chi connectivity index (χ4n) is 3.71. The van der Waals surface area contributed by atoms with E-state index in [-0.39, 0.29) is 5.91 Å². The molecule has 4 rings (SSSR count). The van der Waals surface area contributed by atoms with E-state index in [1.165, 1.54) is 5.56 Å². The molecule has 1 aliphatic rings. The van der Waals surface area contributed by atoms with Crippen LogP contribution in [0.2, 0.25) is 0 Å². The number of hydrogen-bond acceptors (Lipinski definition) is 6. The highest BCUT2D eigenvalue weighted by atomic mass is 32.1. The van der Waals surface area contributed by atoms with Crippen molar-refractivity contribution in [3.05, 3.63) is 41.2 Å². The van der Waals surface area contributed by atoms with E-state index >= 15 is 0 Å². The smallest absolute Gasteiger partial charge is 0.280 e. The molecule has 0 N–H and O–H groups in total. The second-order valence-electron chi connectivity index (χ2n) is 7.69. The van der Waals surface area contributed by atoms with Crippen LogP contribution in [0.25, 0.3) is 10.2 Å². The van der Waals surface area contributed by atoms with Gasteiger partial charge in [-0.2, -0.15) is 5.10 Å². The molecule has 2 aromatic heterocycles. The Labute approximate surface area is 181 Å². The number of aromatic nitrogens is 3. The number of fused-ring (bicyclic) bond motifs is 1. The average Bonchev–Trinajstić information content (AvgIpc) is 3.42. The highest BCUT2D eigenvalue weighted by Gasteiger charge is 2.24. The van der Waals surface area contributed by atoms with Crippen molar-refractivity contribution in [2.75, 3.05) is 44.3 Å². The quantitative estimate of drug-likeness (QED) is 0.577. The van der Waals surface area contributed by atoms with Gasteiger partial charge in [0.15, 0.2) is 10.8 Å². The van der Waals surface area contributed by atoms with Gasteiger partial charge in [0.1, 0.15) is 0 Å². The number of ether oxygens (including phenoxy) is 1. The van der Waals surface area contributed by atoms with Gasteiger partial charge < -0.3 is 4.74 Å². The number of rotatable bonds is 7. The van der Waals surface area contributed by atoms with Crippen molar-refractivity contribution < 1.29 is 9.53 Å². The third-order valence-electron chi connectivity index (χ3n) is 5.55. The van der Waals surface area contributed by atoms with E-state index in [0.29, 0.717) is 12.2 Å². The van der Waals surface area contributed by atoms with Crippen LogP contribution < -0.4 is 4.90 Å². The zero-order chi connectivity index (χ0) is 21.1. The van der Waals surface area contributed by atoms with Crippen LogP contribution >= 0.6 is 11.3 Å². The molecule has 30 heavy (non-hydrogen) atoms. The lowest BCUT2D eigenvalue weighted by Crippen LogP contribution is -2.39. The van der Waals surface area contributed by atoms with E-state index in [2.05, 4.69) is 36.0 Å². The van der Waals surface area contributed by atoms with Gasteiger partial charge in [0, 0.05) is 38.9 Å². The van der Waals surface area contributed by atoms with Crippen LogP contribution in [0.5, 0.6) is 0 Å². The monoisotopic (exact) mass is 427 g/mol. The number of carbonyl (C=O) groups excluding carboxylic acids is 1. The van der Waals surface area contributed by atoms with E-state index in [0.717, 1.165) is 66.7 Å². The van der Waals surface area contributed by atoms with E-state index in [9.17, 15) is 4.79 Å². The SMILES string of the molecule is CCn1ccc(C(=O)N(CCCN2CCOCC2)c2nc3c(C)ccc(C)c3s2)n1. The number of nitrogens with zero attached hydrogens (tertiary/aromatic N) is 5. The fraction of sp³-hybridized carbons (Fsp3) is 0.500. The number of carbonyl (C=O) groups is 1. The van der Waals surface area contributed by atoms with Crippen molar-refractivity contribution in [2.45, 2.75) is 33.7 Å². The van der Waals surface area contributed by atoms with E-state index in [4.69, 9.17) is 9.72 Å². The molecule has 0 radical (unpaired) electrons. The third kappa shape index (κ3) is 4.40. The van der Waals surface area contributed by atoms with Crippen LogP contribution in [0.3, 0.4) is 0 Å². The fourth-order valence-corrected chi connectivity index (χ4v) is 4.85. The van der Waals surface area contributed by atoms with Crippen molar-refractivity contribution in [3.63, 3.8) is 0 Å². The van der Waals surface area contributed by atoms with Gasteiger partial charge in [-0.3, -0.25) is 19.3 Å². The van der Waals surface area contributed by atoms with Crippen LogP contribution in [0.15, 0.2) is 24.4 Å². The van der Waals surface area contributed by atoms with Gasteiger partial charge in [-0.05, 0) is 44.4 Å². The summed E-state index contributed by atoms with van der Waals surface area (Å²) in [5.41, 5.74) is 3.78. The molecule has 160 valence electrons. The van der Waals surface area contributed by atoms with Crippen molar-refractivity contribution in [1.29, 1.82) is 0 Å². The van der Waals surface area contributed by atoms with Crippen molar-refractivity contribution in [3.8, 4) is 0 Å². The van der Waals surface area contributed by atoms with E-state index < -0.39 is 0 Å². The lowest BCUT2D eigenvalue weighted by atomic mass is 10.1. The normalized spacial score (nSPS) is 15.0. The first-order valence-corrected chi connectivity index (χ1v) is 11.4. The maximum Gasteiger partial charge on any atom is 0.280 e. The maximum absolute atomic E-state index is 13.4. The summed E-state index contributed by atoms with van der Waals surface area (Å²) < 4.78 is 8.37.